The molecular weight excluding hydrogens is 384 g/mol. The van der Waals surface area contributed by atoms with Crippen LogP contribution in [0.4, 0.5) is 5.95 Å². The van der Waals surface area contributed by atoms with E-state index >= 15 is 0 Å². The Labute approximate surface area is 164 Å². The third-order valence-electron chi connectivity index (χ3n) is 3.81. The standard InChI is InChI=1S/C19H15ClN4O2S/c20-14-8-6-13(7-9-14)16-12-27-19-22-18(23-24(16)19)21-17(25)10-11-26-15-4-2-1-3-5-15/h1-9,12H,10-11H2,(H,21,23,25). The highest BCUT2D eigenvalue weighted by atomic mass is 35.5. The fourth-order valence-electron chi connectivity index (χ4n) is 2.52. The van der Waals surface area contributed by atoms with Crippen molar-refractivity contribution in [2.75, 3.05) is 11.9 Å². The summed E-state index contributed by atoms with van der Waals surface area (Å²) in [6.45, 7) is 0.286. The zero-order valence-corrected chi connectivity index (χ0v) is 15.7. The molecule has 0 aliphatic heterocycles. The minimum absolute atomic E-state index is 0.197. The maximum Gasteiger partial charge on any atom is 0.250 e. The highest BCUT2D eigenvalue weighted by Crippen LogP contribution is 2.26. The van der Waals surface area contributed by atoms with Crippen molar-refractivity contribution in [3.8, 4) is 17.0 Å². The van der Waals surface area contributed by atoms with Crippen LogP contribution in [0.25, 0.3) is 16.2 Å². The van der Waals surface area contributed by atoms with Crippen LogP contribution < -0.4 is 10.1 Å². The molecule has 8 heteroatoms. The number of carbonyl (C=O) groups is 1. The summed E-state index contributed by atoms with van der Waals surface area (Å²) in [5.74, 6) is 0.817. The predicted molar refractivity (Wildman–Crippen MR) is 106 cm³/mol. The van der Waals surface area contributed by atoms with Crippen molar-refractivity contribution in [2.24, 2.45) is 0 Å². The molecule has 6 nitrogen and oxygen atoms in total. The second-order valence-electron chi connectivity index (χ2n) is 5.72. The smallest absolute Gasteiger partial charge is 0.250 e. The first-order valence-corrected chi connectivity index (χ1v) is 9.53. The van der Waals surface area contributed by atoms with Crippen molar-refractivity contribution in [3.63, 3.8) is 0 Å². The van der Waals surface area contributed by atoms with Gasteiger partial charge >= 0.3 is 0 Å². The predicted octanol–water partition coefficient (Wildman–Crippen LogP) is 4.52. The van der Waals surface area contributed by atoms with Crippen LogP contribution in [0.2, 0.25) is 5.02 Å². The number of nitrogens with zero attached hydrogens (tertiary/aromatic N) is 3. The number of hydrogen-bond acceptors (Lipinski definition) is 5. The van der Waals surface area contributed by atoms with Crippen LogP contribution in [0.15, 0.2) is 60.0 Å². The minimum atomic E-state index is -0.197. The zero-order chi connectivity index (χ0) is 18.6. The molecular formula is C19H15ClN4O2S. The van der Waals surface area contributed by atoms with Crippen molar-refractivity contribution in [2.45, 2.75) is 6.42 Å². The number of thiazole rings is 1. The highest BCUT2D eigenvalue weighted by molar-refractivity contribution is 7.15. The minimum Gasteiger partial charge on any atom is -0.493 e. The van der Waals surface area contributed by atoms with E-state index in [2.05, 4.69) is 15.4 Å². The van der Waals surface area contributed by atoms with Gasteiger partial charge in [-0.1, -0.05) is 41.9 Å². The van der Waals surface area contributed by atoms with E-state index in [4.69, 9.17) is 16.3 Å². The normalized spacial score (nSPS) is 10.9. The van der Waals surface area contributed by atoms with Crippen molar-refractivity contribution in [1.82, 2.24) is 14.6 Å². The van der Waals surface area contributed by atoms with Crippen LogP contribution in [0.3, 0.4) is 0 Å². The Hall–Kier alpha value is -2.90. The zero-order valence-electron chi connectivity index (χ0n) is 14.1. The van der Waals surface area contributed by atoms with Crippen molar-refractivity contribution < 1.29 is 9.53 Å². The number of hydrogen-bond donors (Lipinski definition) is 1. The Morgan fingerprint density at radius 1 is 1.15 bits per heavy atom. The summed E-state index contributed by atoms with van der Waals surface area (Å²) < 4.78 is 7.24. The topological polar surface area (TPSA) is 68.5 Å². The maximum absolute atomic E-state index is 12.1. The molecule has 0 spiro atoms. The van der Waals surface area contributed by atoms with E-state index in [1.807, 2.05) is 60.0 Å². The SMILES string of the molecule is O=C(CCOc1ccccc1)Nc1nc2scc(-c3ccc(Cl)cc3)n2n1. The molecule has 0 fully saturated rings. The number of benzene rings is 2. The van der Waals surface area contributed by atoms with Crippen LogP contribution in [0.1, 0.15) is 6.42 Å². The molecule has 2 aromatic heterocycles. The number of aromatic nitrogens is 3. The van der Waals surface area contributed by atoms with E-state index in [9.17, 15) is 4.79 Å². The lowest BCUT2D eigenvalue weighted by Crippen LogP contribution is -2.16. The molecule has 0 atom stereocenters. The number of rotatable bonds is 6. The summed E-state index contributed by atoms with van der Waals surface area (Å²) in [6.07, 6.45) is 0.214. The summed E-state index contributed by atoms with van der Waals surface area (Å²) in [5.41, 5.74) is 1.87. The molecule has 1 amide bonds. The third kappa shape index (κ3) is 4.10. The Morgan fingerprint density at radius 2 is 1.93 bits per heavy atom. The number of anilines is 1. The average molecular weight is 399 g/mol. The maximum atomic E-state index is 12.1. The first-order valence-electron chi connectivity index (χ1n) is 8.27. The van der Waals surface area contributed by atoms with Crippen molar-refractivity contribution in [3.05, 3.63) is 65.0 Å². The second kappa shape index (κ2) is 7.77. The Morgan fingerprint density at radius 3 is 2.70 bits per heavy atom. The van der Waals surface area contributed by atoms with E-state index in [0.29, 0.717) is 9.98 Å². The molecule has 0 aliphatic rings. The van der Waals surface area contributed by atoms with Crippen LogP contribution in [-0.2, 0) is 4.79 Å². The quantitative estimate of drug-likeness (QED) is 0.518. The summed E-state index contributed by atoms with van der Waals surface area (Å²) in [6, 6.07) is 16.9. The van der Waals surface area contributed by atoms with Crippen molar-refractivity contribution >= 4 is 39.8 Å². The van der Waals surface area contributed by atoms with Crippen LogP contribution in [-0.4, -0.2) is 27.1 Å². The Balaban J connectivity index is 1.40. The Kier molecular flexibility index (Phi) is 5.04. The van der Waals surface area contributed by atoms with E-state index in [1.54, 1.807) is 4.52 Å². The molecule has 2 heterocycles. The van der Waals surface area contributed by atoms with Crippen LogP contribution in [0, 0.1) is 0 Å². The molecule has 0 saturated heterocycles. The summed E-state index contributed by atoms with van der Waals surface area (Å²) in [4.78, 5) is 17.2. The fraction of sp³-hybridized carbons (Fsp3) is 0.105. The summed E-state index contributed by atoms with van der Waals surface area (Å²) in [7, 11) is 0. The molecule has 136 valence electrons. The van der Waals surface area contributed by atoms with Gasteiger partial charge in [-0.15, -0.1) is 16.4 Å². The number of halogens is 1. The average Bonchev–Trinajstić information content (AvgIpc) is 3.23. The lowest BCUT2D eigenvalue weighted by Gasteiger charge is -2.05. The molecule has 0 aliphatic carbocycles. The van der Waals surface area contributed by atoms with Gasteiger partial charge in [0.25, 0.3) is 0 Å². The van der Waals surface area contributed by atoms with Gasteiger partial charge in [0.2, 0.25) is 16.8 Å². The van der Waals surface area contributed by atoms with Gasteiger partial charge in [-0.25, -0.2) is 4.52 Å². The molecule has 4 rings (SSSR count). The van der Waals surface area contributed by atoms with Gasteiger partial charge in [-0.2, -0.15) is 4.98 Å². The van der Waals surface area contributed by atoms with Gasteiger partial charge in [0.15, 0.2) is 0 Å². The van der Waals surface area contributed by atoms with Crippen LogP contribution >= 0.6 is 22.9 Å². The number of nitrogens with one attached hydrogen (secondary N) is 1. The molecule has 0 bridgehead atoms. The highest BCUT2D eigenvalue weighted by Gasteiger charge is 2.13. The molecule has 0 radical (unpaired) electrons. The van der Waals surface area contributed by atoms with Gasteiger partial charge in [0.05, 0.1) is 18.7 Å². The lowest BCUT2D eigenvalue weighted by molar-refractivity contribution is -0.116. The van der Waals surface area contributed by atoms with Gasteiger partial charge < -0.3 is 4.74 Å². The molecule has 0 unspecified atom stereocenters. The third-order valence-corrected chi connectivity index (χ3v) is 4.88. The summed E-state index contributed by atoms with van der Waals surface area (Å²) in [5, 5.41) is 9.75. The molecule has 4 aromatic rings. The van der Waals surface area contributed by atoms with Crippen LogP contribution in [0.5, 0.6) is 5.75 Å². The Bertz CT molecular complexity index is 1060. The second-order valence-corrected chi connectivity index (χ2v) is 6.99. The molecule has 27 heavy (non-hydrogen) atoms. The van der Waals surface area contributed by atoms with E-state index < -0.39 is 0 Å². The molecule has 1 N–H and O–H groups in total. The number of ether oxygens (including phenoxy) is 1. The number of carbonyl (C=O) groups excluding carboxylic acids is 1. The molecule has 0 saturated carbocycles. The van der Waals surface area contributed by atoms with Gasteiger partial charge in [0, 0.05) is 16.0 Å². The number of amides is 1. The largest absolute Gasteiger partial charge is 0.493 e. The van der Waals surface area contributed by atoms with Gasteiger partial charge in [-0.05, 0) is 24.3 Å². The van der Waals surface area contributed by atoms with E-state index in [0.717, 1.165) is 17.0 Å². The molecule has 2 aromatic carbocycles. The van der Waals surface area contributed by atoms with Gasteiger partial charge in [0.1, 0.15) is 5.75 Å². The first kappa shape index (κ1) is 17.5. The van der Waals surface area contributed by atoms with E-state index in [-0.39, 0.29) is 24.9 Å². The number of para-hydroxylation sites is 1. The number of fused-ring (bicyclic) bond motifs is 1. The van der Waals surface area contributed by atoms with Gasteiger partial charge in [-0.3, -0.25) is 10.1 Å². The summed E-state index contributed by atoms with van der Waals surface area (Å²) >= 11 is 7.40. The van der Waals surface area contributed by atoms with Crippen molar-refractivity contribution in [1.29, 1.82) is 0 Å². The monoisotopic (exact) mass is 398 g/mol. The van der Waals surface area contributed by atoms with E-state index in [1.165, 1.54) is 11.3 Å². The first-order chi connectivity index (χ1) is 13.2. The lowest BCUT2D eigenvalue weighted by atomic mass is 10.2. The fourth-order valence-corrected chi connectivity index (χ4v) is 3.48.